The van der Waals surface area contributed by atoms with Crippen molar-refractivity contribution in [1.82, 2.24) is 4.90 Å². The summed E-state index contributed by atoms with van der Waals surface area (Å²) < 4.78 is 0. The third-order valence-electron chi connectivity index (χ3n) is 3.74. The molecule has 2 fully saturated rings. The van der Waals surface area contributed by atoms with Crippen LogP contribution in [0.25, 0.3) is 0 Å². The van der Waals surface area contributed by atoms with E-state index in [4.69, 9.17) is 10.8 Å². The third kappa shape index (κ3) is 1.80. The molecular weight excluding hydrogens is 208 g/mol. The molecule has 0 aliphatic carbocycles. The summed E-state index contributed by atoms with van der Waals surface area (Å²) in [6.07, 6.45) is 3.58. The molecule has 90 valence electrons. The van der Waals surface area contributed by atoms with Crippen LogP contribution >= 0.6 is 0 Å². The van der Waals surface area contributed by atoms with E-state index in [1.165, 1.54) is 0 Å². The first-order valence-electron chi connectivity index (χ1n) is 5.89. The number of rotatable bonds is 4. The molecule has 3 N–H and O–H groups in total. The normalized spacial score (nSPS) is 32.1. The molecule has 2 aliphatic rings. The van der Waals surface area contributed by atoms with E-state index in [-0.39, 0.29) is 23.9 Å². The van der Waals surface area contributed by atoms with E-state index in [9.17, 15) is 9.59 Å². The summed E-state index contributed by atoms with van der Waals surface area (Å²) in [7, 11) is 0. The Hall–Kier alpha value is -1.10. The smallest absolute Gasteiger partial charge is 0.308 e. The van der Waals surface area contributed by atoms with Crippen molar-refractivity contribution in [3.8, 4) is 0 Å². The highest BCUT2D eigenvalue weighted by Gasteiger charge is 2.50. The second kappa shape index (κ2) is 4.41. The summed E-state index contributed by atoms with van der Waals surface area (Å²) in [5, 5.41) is 9.05. The highest BCUT2D eigenvalue weighted by atomic mass is 16.4. The first kappa shape index (κ1) is 11.4. The predicted molar refractivity (Wildman–Crippen MR) is 57.7 cm³/mol. The second-order valence-electron chi connectivity index (χ2n) is 4.67. The van der Waals surface area contributed by atoms with E-state index in [0.29, 0.717) is 25.8 Å². The zero-order chi connectivity index (χ0) is 11.7. The zero-order valence-corrected chi connectivity index (χ0v) is 9.26. The molecule has 0 saturated carbocycles. The zero-order valence-electron chi connectivity index (χ0n) is 9.26. The van der Waals surface area contributed by atoms with Gasteiger partial charge in [-0.3, -0.25) is 9.59 Å². The minimum Gasteiger partial charge on any atom is -0.481 e. The van der Waals surface area contributed by atoms with E-state index >= 15 is 0 Å². The lowest BCUT2D eigenvalue weighted by atomic mass is 9.89. The highest BCUT2D eigenvalue weighted by molar-refractivity contribution is 5.80. The molecule has 5 nitrogen and oxygen atoms in total. The van der Waals surface area contributed by atoms with Gasteiger partial charge >= 0.3 is 5.97 Å². The van der Waals surface area contributed by atoms with Crippen molar-refractivity contribution >= 4 is 11.9 Å². The van der Waals surface area contributed by atoms with Crippen LogP contribution in [0.15, 0.2) is 0 Å². The summed E-state index contributed by atoms with van der Waals surface area (Å²) >= 11 is 0. The van der Waals surface area contributed by atoms with Crippen LogP contribution in [-0.4, -0.2) is 40.5 Å². The van der Waals surface area contributed by atoms with Crippen molar-refractivity contribution < 1.29 is 14.7 Å². The van der Waals surface area contributed by atoms with Crippen LogP contribution in [0.5, 0.6) is 0 Å². The van der Waals surface area contributed by atoms with Gasteiger partial charge in [0, 0.05) is 18.5 Å². The minimum absolute atomic E-state index is 0.0622. The first-order valence-corrected chi connectivity index (χ1v) is 5.89. The lowest BCUT2D eigenvalue weighted by molar-refractivity contribution is -0.143. The molecule has 3 atom stereocenters. The van der Waals surface area contributed by atoms with Gasteiger partial charge < -0.3 is 15.7 Å². The number of nitrogens with two attached hydrogens (primary N) is 1. The van der Waals surface area contributed by atoms with Gasteiger partial charge in [-0.2, -0.15) is 0 Å². The highest BCUT2D eigenvalue weighted by Crippen LogP contribution is 2.42. The molecule has 0 spiro atoms. The van der Waals surface area contributed by atoms with Crippen molar-refractivity contribution in [3.05, 3.63) is 0 Å². The number of amides is 1. The summed E-state index contributed by atoms with van der Waals surface area (Å²) in [5.41, 5.74) is 5.37. The van der Waals surface area contributed by atoms with E-state index < -0.39 is 5.97 Å². The van der Waals surface area contributed by atoms with Crippen LogP contribution in [0.2, 0.25) is 0 Å². The van der Waals surface area contributed by atoms with E-state index in [1.54, 1.807) is 0 Å². The maximum absolute atomic E-state index is 11.9. The van der Waals surface area contributed by atoms with Crippen LogP contribution in [0.4, 0.5) is 0 Å². The number of carboxylic acid groups (broad SMARTS) is 1. The molecule has 2 rings (SSSR count). The summed E-state index contributed by atoms with van der Waals surface area (Å²) in [6.45, 7) is 0.511. The predicted octanol–water partition coefficient (Wildman–Crippen LogP) is 0.189. The lowest BCUT2D eigenvalue weighted by Crippen LogP contribution is -2.37. The van der Waals surface area contributed by atoms with Gasteiger partial charge in [0.05, 0.1) is 5.92 Å². The standard InChI is InChI=1S/C11H18N2O3/c12-5-1-2-10(14)13-7-3-4-9(13)8(6-7)11(15)16/h7-9H,1-6,12H2,(H,15,16). The molecular formula is C11H18N2O3. The lowest BCUT2D eigenvalue weighted by Gasteiger charge is -2.23. The summed E-state index contributed by atoms with van der Waals surface area (Å²) in [4.78, 5) is 24.7. The summed E-state index contributed by atoms with van der Waals surface area (Å²) in [5.74, 6) is -1.02. The van der Waals surface area contributed by atoms with Gasteiger partial charge in [-0.25, -0.2) is 0 Å². The molecule has 2 bridgehead atoms. The number of hydrogen-bond donors (Lipinski definition) is 2. The second-order valence-corrected chi connectivity index (χ2v) is 4.67. The fraction of sp³-hybridized carbons (Fsp3) is 0.818. The molecule has 3 unspecified atom stereocenters. The van der Waals surface area contributed by atoms with Crippen LogP contribution in [0.3, 0.4) is 0 Å². The first-order chi connectivity index (χ1) is 7.65. The quantitative estimate of drug-likeness (QED) is 0.716. The number of fused-ring (bicyclic) bond motifs is 2. The Kier molecular flexibility index (Phi) is 3.14. The van der Waals surface area contributed by atoms with Crippen molar-refractivity contribution in [2.24, 2.45) is 11.7 Å². The van der Waals surface area contributed by atoms with Crippen molar-refractivity contribution in [3.63, 3.8) is 0 Å². The fourth-order valence-electron chi connectivity index (χ4n) is 3.03. The van der Waals surface area contributed by atoms with Gasteiger partial charge in [0.2, 0.25) is 5.91 Å². The Morgan fingerprint density at radius 3 is 2.69 bits per heavy atom. The van der Waals surface area contributed by atoms with Crippen molar-refractivity contribution in [2.45, 2.75) is 44.2 Å². The molecule has 16 heavy (non-hydrogen) atoms. The molecule has 0 aromatic heterocycles. The monoisotopic (exact) mass is 226 g/mol. The Labute approximate surface area is 94.6 Å². The van der Waals surface area contributed by atoms with Gasteiger partial charge in [-0.1, -0.05) is 0 Å². The van der Waals surface area contributed by atoms with Gasteiger partial charge in [0.15, 0.2) is 0 Å². The Bertz CT molecular complexity index is 306. The van der Waals surface area contributed by atoms with Gasteiger partial charge in [0.1, 0.15) is 0 Å². The van der Waals surface area contributed by atoms with Crippen LogP contribution in [0, 0.1) is 5.92 Å². The van der Waals surface area contributed by atoms with Crippen LogP contribution in [-0.2, 0) is 9.59 Å². The molecule has 2 heterocycles. The third-order valence-corrected chi connectivity index (χ3v) is 3.74. The van der Waals surface area contributed by atoms with Crippen molar-refractivity contribution in [2.75, 3.05) is 6.54 Å². The van der Waals surface area contributed by atoms with Crippen LogP contribution < -0.4 is 5.73 Å². The number of carbonyl (C=O) groups excluding carboxylic acids is 1. The Morgan fingerprint density at radius 2 is 2.12 bits per heavy atom. The molecule has 5 heteroatoms. The average Bonchev–Trinajstić information content (AvgIpc) is 2.82. The maximum atomic E-state index is 11.9. The molecule has 1 amide bonds. The summed E-state index contributed by atoms with van der Waals surface area (Å²) in [6, 6.07) is 0.101. The van der Waals surface area contributed by atoms with Gasteiger partial charge in [0.25, 0.3) is 0 Å². The number of carbonyl (C=O) groups is 2. The van der Waals surface area contributed by atoms with E-state index in [2.05, 4.69) is 0 Å². The Balaban J connectivity index is 2.01. The molecule has 0 aromatic rings. The van der Waals surface area contributed by atoms with Gasteiger partial charge in [-0.15, -0.1) is 0 Å². The van der Waals surface area contributed by atoms with Crippen LogP contribution in [0.1, 0.15) is 32.1 Å². The van der Waals surface area contributed by atoms with E-state index in [1.807, 2.05) is 4.90 Å². The molecule has 2 saturated heterocycles. The topological polar surface area (TPSA) is 83.6 Å². The Morgan fingerprint density at radius 1 is 1.38 bits per heavy atom. The number of aliphatic carboxylic acids is 1. The van der Waals surface area contributed by atoms with Gasteiger partial charge in [-0.05, 0) is 32.2 Å². The number of carboxylic acids is 1. The SMILES string of the molecule is NCCCC(=O)N1C2CCC1C(C(=O)O)C2. The number of nitrogens with zero attached hydrogens (tertiary/aromatic N) is 1. The maximum Gasteiger partial charge on any atom is 0.308 e. The van der Waals surface area contributed by atoms with Crippen molar-refractivity contribution in [1.29, 1.82) is 0 Å². The van der Waals surface area contributed by atoms with E-state index in [0.717, 1.165) is 12.8 Å². The molecule has 0 radical (unpaired) electrons. The average molecular weight is 226 g/mol. The largest absolute Gasteiger partial charge is 0.481 e. The molecule has 2 aliphatic heterocycles. The number of hydrogen-bond acceptors (Lipinski definition) is 3. The fourth-order valence-corrected chi connectivity index (χ4v) is 3.03. The minimum atomic E-state index is -0.760. The molecule has 0 aromatic carbocycles.